The van der Waals surface area contributed by atoms with Crippen LogP contribution in [-0.2, 0) is 6.42 Å². The molecule has 1 heterocycles. The highest BCUT2D eigenvalue weighted by Gasteiger charge is 2.33. The zero-order valence-corrected chi connectivity index (χ0v) is 11.2. The van der Waals surface area contributed by atoms with E-state index in [0.717, 1.165) is 29.9 Å². The van der Waals surface area contributed by atoms with Gasteiger partial charge < -0.3 is 14.8 Å². The van der Waals surface area contributed by atoms with E-state index in [0.29, 0.717) is 12.8 Å². The highest BCUT2D eigenvalue weighted by molar-refractivity contribution is 5.44. The standard InChI is InChI=1S/C16H21NO2/c1-2-13(3-1)17-14(12-5-6-12)8-11-4-7-15-16(9-11)19-10-18-15/h4,7,9,12-14,17H,1-3,5-6,8,10H2. The van der Waals surface area contributed by atoms with Crippen molar-refractivity contribution in [1.29, 1.82) is 0 Å². The van der Waals surface area contributed by atoms with E-state index >= 15 is 0 Å². The smallest absolute Gasteiger partial charge is 0.231 e. The zero-order chi connectivity index (χ0) is 12.7. The summed E-state index contributed by atoms with van der Waals surface area (Å²) in [5, 5.41) is 3.86. The fourth-order valence-corrected chi connectivity index (χ4v) is 3.06. The lowest BCUT2D eigenvalue weighted by atomic mass is 9.90. The molecule has 1 aliphatic heterocycles. The summed E-state index contributed by atoms with van der Waals surface area (Å²) in [6, 6.07) is 7.82. The van der Waals surface area contributed by atoms with E-state index in [2.05, 4.69) is 17.4 Å². The third-order valence-electron chi connectivity index (χ3n) is 4.64. The van der Waals surface area contributed by atoms with E-state index in [1.165, 1.54) is 37.7 Å². The van der Waals surface area contributed by atoms with Crippen LogP contribution in [0.4, 0.5) is 0 Å². The maximum atomic E-state index is 5.47. The van der Waals surface area contributed by atoms with Gasteiger partial charge in [-0.3, -0.25) is 0 Å². The first kappa shape index (κ1) is 11.6. The van der Waals surface area contributed by atoms with Gasteiger partial charge in [-0.2, -0.15) is 0 Å². The van der Waals surface area contributed by atoms with E-state index in [9.17, 15) is 0 Å². The van der Waals surface area contributed by atoms with Crippen molar-refractivity contribution in [3.05, 3.63) is 23.8 Å². The van der Waals surface area contributed by atoms with E-state index in [4.69, 9.17) is 9.47 Å². The van der Waals surface area contributed by atoms with E-state index in [-0.39, 0.29) is 0 Å². The van der Waals surface area contributed by atoms with Crippen LogP contribution in [0.5, 0.6) is 11.5 Å². The molecule has 0 bridgehead atoms. The predicted molar refractivity (Wildman–Crippen MR) is 73.6 cm³/mol. The number of rotatable bonds is 5. The molecule has 3 nitrogen and oxygen atoms in total. The maximum absolute atomic E-state index is 5.47. The topological polar surface area (TPSA) is 30.5 Å². The summed E-state index contributed by atoms with van der Waals surface area (Å²) >= 11 is 0. The number of hydrogen-bond acceptors (Lipinski definition) is 3. The van der Waals surface area contributed by atoms with Gasteiger partial charge in [-0.15, -0.1) is 0 Å². The Bertz CT molecular complexity index is 466. The van der Waals surface area contributed by atoms with Gasteiger partial charge in [-0.25, -0.2) is 0 Å². The molecule has 1 aromatic carbocycles. The lowest BCUT2D eigenvalue weighted by molar-refractivity contribution is 0.174. The van der Waals surface area contributed by atoms with E-state index < -0.39 is 0 Å². The molecule has 2 fully saturated rings. The lowest BCUT2D eigenvalue weighted by Gasteiger charge is -2.32. The summed E-state index contributed by atoms with van der Waals surface area (Å²) in [5.74, 6) is 2.69. The van der Waals surface area contributed by atoms with Gasteiger partial charge in [-0.1, -0.05) is 12.5 Å². The minimum Gasteiger partial charge on any atom is -0.454 e. The summed E-state index contributed by atoms with van der Waals surface area (Å²) < 4.78 is 10.8. The van der Waals surface area contributed by atoms with Crippen molar-refractivity contribution in [3.8, 4) is 11.5 Å². The van der Waals surface area contributed by atoms with Gasteiger partial charge in [0.25, 0.3) is 0 Å². The van der Waals surface area contributed by atoms with Crippen molar-refractivity contribution < 1.29 is 9.47 Å². The zero-order valence-electron chi connectivity index (χ0n) is 11.2. The van der Waals surface area contributed by atoms with E-state index in [1.807, 2.05) is 6.07 Å². The van der Waals surface area contributed by atoms with Crippen LogP contribution in [0.2, 0.25) is 0 Å². The average Bonchev–Trinajstić information content (AvgIpc) is 3.10. The van der Waals surface area contributed by atoms with Crippen LogP contribution in [0.1, 0.15) is 37.7 Å². The summed E-state index contributed by atoms with van der Waals surface area (Å²) in [6.07, 6.45) is 8.05. The molecule has 102 valence electrons. The third kappa shape index (κ3) is 2.44. The van der Waals surface area contributed by atoms with Gasteiger partial charge >= 0.3 is 0 Å². The van der Waals surface area contributed by atoms with Gasteiger partial charge in [0.15, 0.2) is 11.5 Å². The normalized spacial score (nSPS) is 23.2. The SMILES string of the molecule is c1cc2c(cc1CC(NC1CCC1)C1CC1)OCO2. The fourth-order valence-electron chi connectivity index (χ4n) is 3.06. The number of fused-ring (bicyclic) bond motifs is 1. The molecule has 1 N–H and O–H groups in total. The number of benzene rings is 1. The van der Waals surface area contributed by atoms with Crippen molar-refractivity contribution in [3.63, 3.8) is 0 Å². The Morgan fingerprint density at radius 1 is 1.11 bits per heavy atom. The molecule has 0 radical (unpaired) electrons. The Morgan fingerprint density at radius 3 is 2.68 bits per heavy atom. The molecule has 1 unspecified atom stereocenters. The minimum absolute atomic E-state index is 0.366. The molecule has 19 heavy (non-hydrogen) atoms. The van der Waals surface area contributed by atoms with Gasteiger partial charge in [0.1, 0.15) is 0 Å². The van der Waals surface area contributed by atoms with Crippen molar-refractivity contribution in [2.24, 2.45) is 5.92 Å². The monoisotopic (exact) mass is 259 g/mol. The van der Waals surface area contributed by atoms with Crippen molar-refractivity contribution in [1.82, 2.24) is 5.32 Å². The Balaban J connectivity index is 1.45. The molecular formula is C16H21NO2. The Labute approximate surface area is 114 Å². The lowest BCUT2D eigenvalue weighted by Crippen LogP contribution is -2.44. The summed E-state index contributed by atoms with van der Waals surface area (Å²) in [5.41, 5.74) is 1.37. The Morgan fingerprint density at radius 2 is 1.95 bits per heavy atom. The first-order valence-corrected chi connectivity index (χ1v) is 7.53. The number of nitrogens with one attached hydrogen (secondary N) is 1. The fraction of sp³-hybridized carbons (Fsp3) is 0.625. The second-order valence-corrected chi connectivity index (χ2v) is 6.13. The highest BCUT2D eigenvalue weighted by atomic mass is 16.7. The maximum Gasteiger partial charge on any atom is 0.231 e. The minimum atomic E-state index is 0.366. The predicted octanol–water partition coefficient (Wildman–Crippen LogP) is 2.88. The number of ether oxygens (including phenoxy) is 2. The van der Waals surface area contributed by atoms with Gasteiger partial charge in [0, 0.05) is 12.1 Å². The Kier molecular flexibility index (Phi) is 2.87. The molecule has 4 rings (SSSR count). The molecule has 0 aromatic heterocycles. The van der Waals surface area contributed by atoms with Crippen LogP contribution in [0.15, 0.2) is 18.2 Å². The van der Waals surface area contributed by atoms with Crippen LogP contribution < -0.4 is 14.8 Å². The van der Waals surface area contributed by atoms with Crippen LogP contribution in [-0.4, -0.2) is 18.9 Å². The number of hydrogen-bond donors (Lipinski definition) is 1. The molecule has 0 saturated heterocycles. The second-order valence-electron chi connectivity index (χ2n) is 6.13. The molecule has 2 aliphatic carbocycles. The summed E-state index contributed by atoms with van der Waals surface area (Å²) in [6.45, 7) is 0.366. The molecule has 0 spiro atoms. The summed E-state index contributed by atoms with van der Waals surface area (Å²) in [4.78, 5) is 0. The third-order valence-corrected chi connectivity index (χ3v) is 4.64. The molecule has 1 aromatic rings. The molecule has 1 atom stereocenters. The van der Waals surface area contributed by atoms with Gasteiger partial charge in [-0.05, 0) is 55.7 Å². The quantitative estimate of drug-likeness (QED) is 0.882. The van der Waals surface area contributed by atoms with Crippen molar-refractivity contribution in [2.75, 3.05) is 6.79 Å². The summed E-state index contributed by atoms with van der Waals surface area (Å²) in [7, 11) is 0. The van der Waals surface area contributed by atoms with Crippen LogP contribution in [0.3, 0.4) is 0 Å². The Hall–Kier alpha value is -1.22. The molecular weight excluding hydrogens is 238 g/mol. The van der Waals surface area contributed by atoms with Crippen molar-refractivity contribution >= 4 is 0 Å². The molecule has 2 saturated carbocycles. The van der Waals surface area contributed by atoms with Crippen LogP contribution in [0, 0.1) is 5.92 Å². The molecule has 0 amide bonds. The molecule has 3 aliphatic rings. The van der Waals surface area contributed by atoms with Gasteiger partial charge in [0.05, 0.1) is 0 Å². The largest absolute Gasteiger partial charge is 0.454 e. The molecule has 3 heteroatoms. The average molecular weight is 259 g/mol. The van der Waals surface area contributed by atoms with E-state index in [1.54, 1.807) is 0 Å². The van der Waals surface area contributed by atoms with Crippen molar-refractivity contribution in [2.45, 2.75) is 50.6 Å². The van der Waals surface area contributed by atoms with Crippen LogP contribution in [0.25, 0.3) is 0 Å². The highest BCUT2D eigenvalue weighted by Crippen LogP contribution is 2.37. The van der Waals surface area contributed by atoms with Gasteiger partial charge in [0.2, 0.25) is 6.79 Å². The first-order chi connectivity index (χ1) is 9.38. The van der Waals surface area contributed by atoms with Crippen LogP contribution >= 0.6 is 0 Å². The second kappa shape index (κ2) is 4.71. The first-order valence-electron chi connectivity index (χ1n) is 7.53.